The van der Waals surface area contributed by atoms with Gasteiger partial charge in [-0.15, -0.1) is 0 Å². The molecule has 3 rings (SSSR count). The van der Waals surface area contributed by atoms with Crippen molar-refractivity contribution in [1.29, 1.82) is 0 Å². The Morgan fingerprint density at radius 2 is 1.91 bits per heavy atom. The molecule has 0 bridgehead atoms. The van der Waals surface area contributed by atoms with Gasteiger partial charge in [0.1, 0.15) is 12.3 Å². The molecule has 0 radical (unpaired) electrons. The van der Waals surface area contributed by atoms with Gasteiger partial charge in [0.05, 0.1) is 15.9 Å². The van der Waals surface area contributed by atoms with Crippen LogP contribution in [0, 0.1) is 27.7 Å². The van der Waals surface area contributed by atoms with Crippen LogP contribution in [0.4, 0.5) is 0 Å². The fraction of sp³-hybridized carbons (Fsp3) is 0.381. The third-order valence-corrected chi connectivity index (χ3v) is 5.82. The van der Waals surface area contributed by atoms with E-state index in [2.05, 4.69) is 41.8 Å². The predicted molar refractivity (Wildman–Crippen MR) is 120 cm³/mol. The standard InChI is InChI=1S/C21H25BrN6O4/c1-12-5-6-16(13(2)9-12)31-11-18(29)23-7-8-24-20(30)21-25-17(27-32-21)10-28-15(4)19(22)14(3)26-28/h5-6,9H,7-8,10-11H2,1-4H3,(H,23,29)(H,24,30). The van der Waals surface area contributed by atoms with Crippen molar-refractivity contribution in [1.82, 2.24) is 30.6 Å². The topological polar surface area (TPSA) is 124 Å². The molecule has 0 aliphatic carbocycles. The Morgan fingerprint density at radius 1 is 1.16 bits per heavy atom. The molecule has 0 unspecified atom stereocenters. The zero-order valence-corrected chi connectivity index (χ0v) is 19.9. The Morgan fingerprint density at radius 3 is 2.59 bits per heavy atom. The van der Waals surface area contributed by atoms with Gasteiger partial charge in [0.15, 0.2) is 12.4 Å². The molecule has 32 heavy (non-hydrogen) atoms. The van der Waals surface area contributed by atoms with Gasteiger partial charge in [-0.2, -0.15) is 10.1 Å². The number of ether oxygens (including phenoxy) is 1. The van der Waals surface area contributed by atoms with Gasteiger partial charge in [-0.3, -0.25) is 14.3 Å². The summed E-state index contributed by atoms with van der Waals surface area (Å²) >= 11 is 3.46. The number of hydrogen-bond acceptors (Lipinski definition) is 7. The summed E-state index contributed by atoms with van der Waals surface area (Å²) in [6.45, 7) is 8.34. The molecule has 2 N–H and O–H groups in total. The molecule has 0 spiro atoms. The highest BCUT2D eigenvalue weighted by Crippen LogP contribution is 2.20. The number of halogens is 1. The fourth-order valence-corrected chi connectivity index (χ4v) is 3.27. The van der Waals surface area contributed by atoms with Crippen LogP contribution in [0.1, 0.15) is 39.0 Å². The molecule has 3 aromatic rings. The summed E-state index contributed by atoms with van der Waals surface area (Å²) in [6, 6.07) is 5.75. The minimum absolute atomic E-state index is 0.104. The Kier molecular flexibility index (Phi) is 7.62. The zero-order valence-electron chi connectivity index (χ0n) is 18.4. The number of amides is 2. The van der Waals surface area contributed by atoms with Crippen LogP contribution < -0.4 is 15.4 Å². The lowest BCUT2D eigenvalue weighted by molar-refractivity contribution is -0.123. The molecule has 2 heterocycles. The second-order valence-corrected chi connectivity index (χ2v) is 8.11. The van der Waals surface area contributed by atoms with Crippen LogP contribution in [0.15, 0.2) is 27.2 Å². The number of carbonyl (C=O) groups excluding carboxylic acids is 2. The highest BCUT2D eigenvalue weighted by atomic mass is 79.9. The van der Waals surface area contributed by atoms with Crippen molar-refractivity contribution in [2.45, 2.75) is 34.2 Å². The maximum absolute atomic E-state index is 12.2. The van der Waals surface area contributed by atoms with E-state index in [-0.39, 0.29) is 38.0 Å². The number of aromatic nitrogens is 4. The number of hydrogen-bond donors (Lipinski definition) is 2. The third-order valence-electron chi connectivity index (χ3n) is 4.67. The number of nitrogens with one attached hydrogen (secondary N) is 2. The lowest BCUT2D eigenvalue weighted by Crippen LogP contribution is -2.36. The van der Waals surface area contributed by atoms with Gasteiger partial charge in [0, 0.05) is 13.1 Å². The molecular weight excluding hydrogens is 480 g/mol. The molecule has 0 saturated heterocycles. The van der Waals surface area contributed by atoms with Gasteiger partial charge >= 0.3 is 11.8 Å². The molecule has 11 heteroatoms. The number of carbonyl (C=O) groups is 2. The molecule has 10 nitrogen and oxygen atoms in total. The van der Waals surface area contributed by atoms with Gasteiger partial charge in [0.25, 0.3) is 5.91 Å². The molecule has 0 saturated carbocycles. The van der Waals surface area contributed by atoms with E-state index >= 15 is 0 Å². The SMILES string of the molecule is Cc1ccc(OCC(=O)NCCNC(=O)c2nc(Cn3nc(C)c(Br)c3C)no2)c(C)c1. The van der Waals surface area contributed by atoms with Crippen LogP contribution >= 0.6 is 15.9 Å². The minimum Gasteiger partial charge on any atom is -0.484 e. The number of aryl methyl sites for hydroxylation is 3. The van der Waals surface area contributed by atoms with Crippen molar-refractivity contribution in [2.75, 3.05) is 19.7 Å². The van der Waals surface area contributed by atoms with Crippen LogP contribution in [-0.2, 0) is 11.3 Å². The van der Waals surface area contributed by atoms with E-state index < -0.39 is 5.91 Å². The lowest BCUT2D eigenvalue weighted by atomic mass is 10.1. The summed E-state index contributed by atoms with van der Waals surface area (Å²) < 4.78 is 13.2. The number of nitrogens with zero attached hydrogens (tertiary/aromatic N) is 4. The van der Waals surface area contributed by atoms with Crippen molar-refractivity contribution < 1.29 is 18.8 Å². The van der Waals surface area contributed by atoms with Gasteiger partial charge in [0.2, 0.25) is 0 Å². The molecule has 0 aliphatic heterocycles. The molecule has 1 aromatic carbocycles. The van der Waals surface area contributed by atoms with Crippen molar-refractivity contribution in [3.05, 3.63) is 56.9 Å². The van der Waals surface area contributed by atoms with E-state index in [1.807, 2.05) is 45.9 Å². The van der Waals surface area contributed by atoms with Crippen LogP contribution in [0.2, 0.25) is 0 Å². The molecule has 2 aromatic heterocycles. The van der Waals surface area contributed by atoms with E-state index in [0.29, 0.717) is 11.6 Å². The second kappa shape index (κ2) is 10.4. The van der Waals surface area contributed by atoms with E-state index in [9.17, 15) is 9.59 Å². The van der Waals surface area contributed by atoms with E-state index in [1.54, 1.807) is 4.68 Å². The first-order valence-electron chi connectivity index (χ1n) is 10.0. The summed E-state index contributed by atoms with van der Waals surface area (Å²) in [7, 11) is 0. The molecule has 170 valence electrons. The van der Waals surface area contributed by atoms with E-state index in [1.165, 1.54) is 0 Å². The Bertz CT molecular complexity index is 1120. The molecular formula is C21H25BrN6O4. The third kappa shape index (κ3) is 5.94. The van der Waals surface area contributed by atoms with E-state index in [0.717, 1.165) is 27.0 Å². The Hall–Kier alpha value is -3.21. The zero-order chi connectivity index (χ0) is 23.3. The summed E-state index contributed by atoms with van der Waals surface area (Å²) in [5, 5.41) is 13.5. The van der Waals surface area contributed by atoms with Crippen LogP contribution in [0.25, 0.3) is 0 Å². The summed E-state index contributed by atoms with van der Waals surface area (Å²) in [5.41, 5.74) is 3.87. The second-order valence-electron chi connectivity index (χ2n) is 7.32. The van der Waals surface area contributed by atoms with Crippen LogP contribution in [0.3, 0.4) is 0 Å². The minimum atomic E-state index is -0.515. The summed E-state index contributed by atoms with van der Waals surface area (Å²) in [4.78, 5) is 28.2. The highest BCUT2D eigenvalue weighted by molar-refractivity contribution is 9.10. The molecule has 0 aliphatic rings. The lowest BCUT2D eigenvalue weighted by Gasteiger charge is -2.10. The van der Waals surface area contributed by atoms with E-state index in [4.69, 9.17) is 9.26 Å². The average Bonchev–Trinajstić information content (AvgIpc) is 3.31. The van der Waals surface area contributed by atoms with Crippen molar-refractivity contribution in [2.24, 2.45) is 0 Å². The van der Waals surface area contributed by atoms with Crippen LogP contribution in [0.5, 0.6) is 5.75 Å². The average molecular weight is 505 g/mol. The maximum Gasteiger partial charge on any atom is 0.316 e. The number of rotatable bonds is 9. The fourth-order valence-electron chi connectivity index (χ4n) is 2.98. The normalized spacial score (nSPS) is 10.8. The first kappa shape index (κ1) is 23.5. The molecule has 0 atom stereocenters. The number of benzene rings is 1. The quantitative estimate of drug-likeness (QED) is 0.428. The van der Waals surface area contributed by atoms with Gasteiger partial charge in [-0.05, 0) is 55.3 Å². The first-order valence-corrected chi connectivity index (χ1v) is 10.8. The summed E-state index contributed by atoms with van der Waals surface area (Å²) in [5.74, 6) is 0.0590. The summed E-state index contributed by atoms with van der Waals surface area (Å²) in [6.07, 6.45) is 0. The highest BCUT2D eigenvalue weighted by Gasteiger charge is 2.17. The Labute approximate surface area is 193 Å². The monoisotopic (exact) mass is 504 g/mol. The van der Waals surface area contributed by atoms with Crippen molar-refractivity contribution in [3.63, 3.8) is 0 Å². The molecule has 0 fully saturated rings. The van der Waals surface area contributed by atoms with Crippen LogP contribution in [-0.4, -0.2) is 51.4 Å². The predicted octanol–water partition coefficient (Wildman–Crippen LogP) is 2.24. The largest absolute Gasteiger partial charge is 0.484 e. The van der Waals surface area contributed by atoms with Gasteiger partial charge in [-0.25, -0.2) is 0 Å². The molecule has 2 amide bonds. The van der Waals surface area contributed by atoms with Gasteiger partial charge < -0.3 is 19.9 Å². The van der Waals surface area contributed by atoms with Crippen molar-refractivity contribution >= 4 is 27.7 Å². The van der Waals surface area contributed by atoms with Crippen molar-refractivity contribution in [3.8, 4) is 5.75 Å². The van der Waals surface area contributed by atoms with Gasteiger partial charge in [-0.1, -0.05) is 22.9 Å². The first-order chi connectivity index (χ1) is 15.2. The Balaban J connectivity index is 1.39. The maximum atomic E-state index is 12.2. The smallest absolute Gasteiger partial charge is 0.316 e.